The molecular weight excluding hydrogens is 198 g/mol. The third-order valence-electron chi connectivity index (χ3n) is 2.40. The van der Waals surface area contributed by atoms with Crippen LogP contribution >= 0.6 is 0 Å². The number of nitrogens with one attached hydrogen (secondary N) is 1. The van der Waals surface area contributed by atoms with Crippen molar-refractivity contribution in [2.24, 2.45) is 0 Å². The summed E-state index contributed by atoms with van der Waals surface area (Å²) >= 11 is 0. The van der Waals surface area contributed by atoms with Crippen LogP contribution < -0.4 is 5.32 Å². The van der Waals surface area contributed by atoms with Crippen molar-refractivity contribution in [1.82, 2.24) is 9.97 Å². The minimum atomic E-state index is 0.775. The predicted octanol–water partition coefficient (Wildman–Crippen LogP) is 2.88. The highest BCUT2D eigenvalue weighted by Crippen LogP contribution is 2.19. The maximum Gasteiger partial charge on any atom is 0.161 e. The van der Waals surface area contributed by atoms with Gasteiger partial charge in [-0.05, 0) is 25.5 Å². The first kappa shape index (κ1) is 10.6. The highest BCUT2D eigenvalue weighted by atomic mass is 15.0. The van der Waals surface area contributed by atoms with Crippen molar-refractivity contribution >= 4 is 5.82 Å². The Hall–Kier alpha value is -1.90. The quantitative estimate of drug-likeness (QED) is 0.851. The van der Waals surface area contributed by atoms with Crippen LogP contribution in [0.2, 0.25) is 0 Å². The summed E-state index contributed by atoms with van der Waals surface area (Å²) in [6.45, 7) is 4.98. The lowest BCUT2D eigenvalue weighted by atomic mass is 10.1. The molecule has 1 heterocycles. The van der Waals surface area contributed by atoms with Crippen LogP contribution in [0.5, 0.6) is 0 Å². The number of nitrogens with zero attached hydrogens (tertiary/aromatic N) is 2. The molecule has 3 heteroatoms. The van der Waals surface area contributed by atoms with Crippen LogP contribution in [0.15, 0.2) is 36.5 Å². The monoisotopic (exact) mass is 213 g/mol. The van der Waals surface area contributed by atoms with Gasteiger partial charge in [-0.15, -0.1) is 0 Å². The number of aryl methyl sites for hydroxylation is 1. The molecule has 3 nitrogen and oxygen atoms in total. The molecule has 82 valence electrons. The van der Waals surface area contributed by atoms with Gasteiger partial charge in [0.05, 0.1) is 0 Å². The van der Waals surface area contributed by atoms with E-state index in [2.05, 4.69) is 35.2 Å². The van der Waals surface area contributed by atoms with E-state index in [0.717, 1.165) is 23.8 Å². The lowest BCUT2D eigenvalue weighted by Gasteiger charge is -2.06. The molecule has 1 aromatic heterocycles. The fraction of sp³-hybridized carbons (Fsp3) is 0.231. The molecule has 0 aliphatic heterocycles. The number of hydrogen-bond acceptors (Lipinski definition) is 3. The van der Waals surface area contributed by atoms with Crippen LogP contribution in [0.4, 0.5) is 5.82 Å². The summed E-state index contributed by atoms with van der Waals surface area (Å²) in [5, 5.41) is 3.19. The SMILES string of the molecule is CCNc1ccnc(-c2ccccc2C)n1. The van der Waals surface area contributed by atoms with Gasteiger partial charge in [0.2, 0.25) is 0 Å². The number of anilines is 1. The van der Waals surface area contributed by atoms with Gasteiger partial charge in [0, 0.05) is 18.3 Å². The van der Waals surface area contributed by atoms with Gasteiger partial charge in [-0.2, -0.15) is 0 Å². The van der Waals surface area contributed by atoms with Crippen molar-refractivity contribution in [3.8, 4) is 11.4 Å². The van der Waals surface area contributed by atoms with E-state index in [1.165, 1.54) is 5.56 Å². The van der Waals surface area contributed by atoms with E-state index in [1.807, 2.05) is 24.3 Å². The molecule has 0 unspecified atom stereocenters. The van der Waals surface area contributed by atoms with E-state index in [0.29, 0.717) is 0 Å². The zero-order valence-electron chi connectivity index (χ0n) is 9.57. The molecule has 0 saturated carbocycles. The standard InChI is InChI=1S/C13H15N3/c1-3-14-12-8-9-15-13(16-12)11-7-5-4-6-10(11)2/h4-9H,3H2,1-2H3,(H,14,15,16). The molecule has 0 radical (unpaired) electrons. The van der Waals surface area contributed by atoms with Gasteiger partial charge in [0.15, 0.2) is 5.82 Å². The normalized spacial score (nSPS) is 10.1. The second-order valence-electron chi connectivity index (χ2n) is 3.61. The van der Waals surface area contributed by atoms with E-state index in [-0.39, 0.29) is 0 Å². The fourth-order valence-corrected chi connectivity index (χ4v) is 1.59. The van der Waals surface area contributed by atoms with Gasteiger partial charge in [0.1, 0.15) is 5.82 Å². The van der Waals surface area contributed by atoms with Gasteiger partial charge in [-0.3, -0.25) is 0 Å². The van der Waals surface area contributed by atoms with Gasteiger partial charge in [0.25, 0.3) is 0 Å². The Kier molecular flexibility index (Phi) is 3.15. The minimum Gasteiger partial charge on any atom is -0.370 e. The molecule has 0 aliphatic rings. The van der Waals surface area contributed by atoms with E-state index in [4.69, 9.17) is 0 Å². The van der Waals surface area contributed by atoms with Crippen molar-refractivity contribution in [2.45, 2.75) is 13.8 Å². The number of aromatic nitrogens is 2. The summed E-state index contributed by atoms with van der Waals surface area (Å²) < 4.78 is 0. The molecule has 0 bridgehead atoms. The first-order valence-electron chi connectivity index (χ1n) is 5.44. The third kappa shape index (κ3) is 2.19. The molecule has 0 aliphatic carbocycles. The Balaban J connectivity index is 2.40. The largest absolute Gasteiger partial charge is 0.370 e. The van der Waals surface area contributed by atoms with Crippen LogP contribution in [-0.2, 0) is 0 Å². The third-order valence-corrected chi connectivity index (χ3v) is 2.40. The summed E-state index contributed by atoms with van der Waals surface area (Å²) in [6.07, 6.45) is 1.78. The first-order valence-corrected chi connectivity index (χ1v) is 5.44. The van der Waals surface area contributed by atoms with Crippen LogP contribution in [0.25, 0.3) is 11.4 Å². The topological polar surface area (TPSA) is 37.8 Å². The van der Waals surface area contributed by atoms with Crippen LogP contribution in [-0.4, -0.2) is 16.5 Å². The van der Waals surface area contributed by atoms with Gasteiger partial charge in [-0.1, -0.05) is 24.3 Å². The molecule has 0 fully saturated rings. The Bertz CT molecular complexity index is 480. The highest BCUT2D eigenvalue weighted by Gasteiger charge is 2.04. The maximum absolute atomic E-state index is 4.47. The summed E-state index contributed by atoms with van der Waals surface area (Å²) in [7, 11) is 0. The van der Waals surface area contributed by atoms with Crippen molar-refractivity contribution < 1.29 is 0 Å². The predicted molar refractivity (Wildman–Crippen MR) is 66.4 cm³/mol. The van der Waals surface area contributed by atoms with Crippen LogP contribution in [0, 0.1) is 6.92 Å². The molecule has 1 N–H and O–H groups in total. The molecule has 0 atom stereocenters. The molecular formula is C13H15N3. The Morgan fingerprint density at radius 2 is 2.00 bits per heavy atom. The molecule has 1 aromatic carbocycles. The molecule has 0 amide bonds. The molecule has 16 heavy (non-hydrogen) atoms. The van der Waals surface area contributed by atoms with E-state index in [1.54, 1.807) is 6.20 Å². The van der Waals surface area contributed by atoms with Crippen molar-refractivity contribution in [1.29, 1.82) is 0 Å². The number of rotatable bonds is 3. The van der Waals surface area contributed by atoms with Gasteiger partial charge in [-0.25, -0.2) is 9.97 Å². The second-order valence-corrected chi connectivity index (χ2v) is 3.61. The maximum atomic E-state index is 4.47. The minimum absolute atomic E-state index is 0.775. The van der Waals surface area contributed by atoms with E-state index in [9.17, 15) is 0 Å². The Morgan fingerprint density at radius 1 is 1.19 bits per heavy atom. The summed E-state index contributed by atoms with van der Waals surface area (Å²) in [5.41, 5.74) is 2.28. The number of benzene rings is 1. The summed E-state index contributed by atoms with van der Waals surface area (Å²) in [5.74, 6) is 1.65. The lowest BCUT2D eigenvalue weighted by molar-refractivity contribution is 1.11. The Morgan fingerprint density at radius 3 is 2.75 bits per heavy atom. The zero-order chi connectivity index (χ0) is 11.4. The summed E-state index contributed by atoms with van der Waals surface area (Å²) in [4.78, 5) is 8.77. The number of hydrogen-bond donors (Lipinski definition) is 1. The molecule has 2 rings (SSSR count). The highest BCUT2D eigenvalue weighted by molar-refractivity contribution is 5.60. The van der Waals surface area contributed by atoms with Crippen LogP contribution in [0.1, 0.15) is 12.5 Å². The average molecular weight is 213 g/mol. The molecule has 0 saturated heterocycles. The van der Waals surface area contributed by atoms with Gasteiger partial charge >= 0.3 is 0 Å². The fourth-order valence-electron chi connectivity index (χ4n) is 1.59. The smallest absolute Gasteiger partial charge is 0.161 e. The van der Waals surface area contributed by atoms with Crippen molar-refractivity contribution in [2.75, 3.05) is 11.9 Å². The zero-order valence-corrected chi connectivity index (χ0v) is 9.57. The van der Waals surface area contributed by atoms with E-state index < -0.39 is 0 Å². The summed E-state index contributed by atoms with van der Waals surface area (Å²) in [6, 6.07) is 10.0. The average Bonchev–Trinajstić information content (AvgIpc) is 2.30. The second kappa shape index (κ2) is 4.75. The molecule has 0 spiro atoms. The van der Waals surface area contributed by atoms with Crippen molar-refractivity contribution in [3.05, 3.63) is 42.1 Å². The van der Waals surface area contributed by atoms with E-state index >= 15 is 0 Å². The first-order chi connectivity index (χ1) is 7.81. The van der Waals surface area contributed by atoms with Gasteiger partial charge < -0.3 is 5.32 Å². The van der Waals surface area contributed by atoms with Crippen molar-refractivity contribution in [3.63, 3.8) is 0 Å². The lowest BCUT2D eigenvalue weighted by Crippen LogP contribution is -2.01. The molecule has 2 aromatic rings. The Labute approximate surface area is 95.6 Å². The van der Waals surface area contributed by atoms with Crippen LogP contribution in [0.3, 0.4) is 0 Å².